The van der Waals surface area contributed by atoms with Gasteiger partial charge in [-0.15, -0.1) is 5.10 Å². The van der Waals surface area contributed by atoms with Crippen LogP contribution in [0.25, 0.3) is 5.69 Å². The lowest BCUT2D eigenvalue weighted by Crippen LogP contribution is -2.14. The van der Waals surface area contributed by atoms with E-state index in [1.807, 2.05) is 31.2 Å². The molecule has 1 heterocycles. The summed E-state index contributed by atoms with van der Waals surface area (Å²) in [5, 5.41) is 6.90. The first kappa shape index (κ1) is 15.6. The zero-order valence-corrected chi connectivity index (χ0v) is 13.4. The number of aryl methyl sites for hydroxylation is 1. The van der Waals surface area contributed by atoms with Gasteiger partial charge in [-0.1, -0.05) is 17.7 Å². The van der Waals surface area contributed by atoms with Crippen LogP contribution in [0.4, 0.5) is 5.69 Å². The third kappa shape index (κ3) is 3.38. The molecule has 120 valence electrons. The molecule has 0 atom stereocenters. The van der Waals surface area contributed by atoms with E-state index in [-0.39, 0.29) is 11.6 Å². The predicted molar refractivity (Wildman–Crippen MR) is 90.5 cm³/mol. The molecular weight excluding hydrogens is 304 g/mol. The average molecular weight is 320 g/mol. The standard InChI is InChI=1S/C18H16N4O2/c1-12-3-9-16(10-4-12)22-11-19-17(21-22)18(24)20-15-7-5-14(6-8-15)13(2)23/h3-11H,1-2H3,(H,20,24). The Morgan fingerprint density at radius 1 is 1.00 bits per heavy atom. The fourth-order valence-corrected chi connectivity index (χ4v) is 2.16. The van der Waals surface area contributed by atoms with Gasteiger partial charge >= 0.3 is 0 Å². The molecule has 6 heteroatoms. The fourth-order valence-electron chi connectivity index (χ4n) is 2.16. The maximum atomic E-state index is 12.2. The molecule has 1 aromatic heterocycles. The van der Waals surface area contributed by atoms with E-state index < -0.39 is 5.91 Å². The van der Waals surface area contributed by atoms with Crippen LogP contribution in [0.2, 0.25) is 0 Å². The Morgan fingerprint density at radius 2 is 1.67 bits per heavy atom. The van der Waals surface area contributed by atoms with Crippen molar-refractivity contribution in [3.63, 3.8) is 0 Å². The van der Waals surface area contributed by atoms with Crippen LogP contribution in [-0.2, 0) is 0 Å². The third-order valence-corrected chi connectivity index (χ3v) is 3.54. The maximum Gasteiger partial charge on any atom is 0.295 e. The summed E-state index contributed by atoms with van der Waals surface area (Å²) in [6, 6.07) is 14.4. The lowest BCUT2D eigenvalue weighted by molar-refractivity contribution is 0.101. The lowest BCUT2D eigenvalue weighted by Gasteiger charge is -2.03. The van der Waals surface area contributed by atoms with Gasteiger partial charge < -0.3 is 5.32 Å². The molecule has 0 unspecified atom stereocenters. The van der Waals surface area contributed by atoms with E-state index in [0.717, 1.165) is 11.3 Å². The van der Waals surface area contributed by atoms with Crippen LogP contribution < -0.4 is 5.32 Å². The van der Waals surface area contributed by atoms with Gasteiger partial charge in [-0.2, -0.15) is 0 Å². The average Bonchev–Trinajstić information content (AvgIpc) is 3.06. The van der Waals surface area contributed by atoms with E-state index in [4.69, 9.17) is 0 Å². The number of Topliss-reactive ketones (excluding diaryl/α,β-unsaturated/α-hetero) is 1. The minimum Gasteiger partial charge on any atom is -0.319 e. The maximum absolute atomic E-state index is 12.2. The van der Waals surface area contributed by atoms with Gasteiger partial charge in [-0.25, -0.2) is 9.67 Å². The monoisotopic (exact) mass is 320 g/mol. The van der Waals surface area contributed by atoms with E-state index in [9.17, 15) is 9.59 Å². The number of rotatable bonds is 4. The molecule has 3 aromatic rings. The molecule has 24 heavy (non-hydrogen) atoms. The van der Waals surface area contributed by atoms with Crippen molar-refractivity contribution in [1.29, 1.82) is 0 Å². The van der Waals surface area contributed by atoms with Gasteiger partial charge in [0.25, 0.3) is 5.91 Å². The SMILES string of the molecule is CC(=O)c1ccc(NC(=O)c2ncn(-c3ccc(C)cc3)n2)cc1. The summed E-state index contributed by atoms with van der Waals surface area (Å²) in [7, 11) is 0. The molecule has 0 bridgehead atoms. The highest BCUT2D eigenvalue weighted by Gasteiger charge is 2.12. The molecular formula is C18H16N4O2. The first-order chi connectivity index (χ1) is 11.5. The molecule has 2 aromatic carbocycles. The molecule has 0 aliphatic carbocycles. The second-order valence-corrected chi connectivity index (χ2v) is 5.44. The van der Waals surface area contributed by atoms with Crippen molar-refractivity contribution >= 4 is 17.4 Å². The van der Waals surface area contributed by atoms with E-state index in [1.165, 1.54) is 13.3 Å². The highest BCUT2D eigenvalue weighted by molar-refractivity contribution is 6.02. The molecule has 3 rings (SSSR count). The Bertz CT molecular complexity index is 880. The van der Waals surface area contributed by atoms with Crippen LogP contribution >= 0.6 is 0 Å². The normalized spacial score (nSPS) is 10.4. The summed E-state index contributed by atoms with van der Waals surface area (Å²) in [4.78, 5) is 27.5. The first-order valence-electron chi connectivity index (χ1n) is 7.44. The minimum atomic E-state index is -0.406. The number of carbonyl (C=O) groups is 2. The molecule has 0 aliphatic heterocycles. The quantitative estimate of drug-likeness (QED) is 0.750. The third-order valence-electron chi connectivity index (χ3n) is 3.54. The van der Waals surface area contributed by atoms with Gasteiger partial charge in [0.1, 0.15) is 6.33 Å². The molecule has 0 fully saturated rings. The molecule has 0 radical (unpaired) electrons. The number of amides is 1. The topological polar surface area (TPSA) is 76.9 Å². The Hall–Kier alpha value is -3.28. The van der Waals surface area contributed by atoms with E-state index >= 15 is 0 Å². The van der Waals surface area contributed by atoms with Gasteiger partial charge in [0.05, 0.1) is 5.69 Å². The van der Waals surface area contributed by atoms with Crippen molar-refractivity contribution in [2.75, 3.05) is 5.32 Å². The molecule has 6 nitrogen and oxygen atoms in total. The fraction of sp³-hybridized carbons (Fsp3) is 0.111. The Kier molecular flexibility index (Phi) is 4.20. The van der Waals surface area contributed by atoms with Gasteiger partial charge in [-0.3, -0.25) is 9.59 Å². The minimum absolute atomic E-state index is 0.0219. The van der Waals surface area contributed by atoms with Crippen molar-refractivity contribution in [2.24, 2.45) is 0 Å². The summed E-state index contributed by atoms with van der Waals surface area (Å²) >= 11 is 0. The predicted octanol–water partition coefficient (Wildman–Crippen LogP) is 3.03. The van der Waals surface area contributed by atoms with Crippen LogP contribution in [0, 0.1) is 6.92 Å². The van der Waals surface area contributed by atoms with E-state index in [0.29, 0.717) is 11.3 Å². The van der Waals surface area contributed by atoms with Crippen molar-refractivity contribution in [3.05, 3.63) is 71.8 Å². The number of ketones is 1. The molecule has 1 N–H and O–H groups in total. The molecule has 0 saturated heterocycles. The summed E-state index contributed by atoms with van der Waals surface area (Å²) in [5.74, 6) is -0.353. The first-order valence-corrected chi connectivity index (χ1v) is 7.44. The Balaban J connectivity index is 1.73. The molecule has 0 saturated carbocycles. The van der Waals surface area contributed by atoms with Gasteiger partial charge in [-0.05, 0) is 50.2 Å². The van der Waals surface area contributed by atoms with Gasteiger partial charge in [0.15, 0.2) is 5.78 Å². The highest BCUT2D eigenvalue weighted by Crippen LogP contribution is 2.12. The van der Waals surface area contributed by atoms with Crippen molar-refractivity contribution < 1.29 is 9.59 Å². The summed E-state index contributed by atoms with van der Waals surface area (Å²) in [5.41, 5.74) is 3.15. The van der Waals surface area contributed by atoms with Crippen LogP contribution in [-0.4, -0.2) is 26.5 Å². The second kappa shape index (κ2) is 6.45. The summed E-state index contributed by atoms with van der Waals surface area (Å²) < 4.78 is 1.55. The van der Waals surface area contributed by atoms with Crippen molar-refractivity contribution in [2.45, 2.75) is 13.8 Å². The van der Waals surface area contributed by atoms with Crippen LogP contribution in [0.15, 0.2) is 54.9 Å². The zero-order chi connectivity index (χ0) is 17.1. The van der Waals surface area contributed by atoms with Gasteiger partial charge in [0, 0.05) is 11.3 Å². The van der Waals surface area contributed by atoms with E-state index in [2.05, 4.69) is 15.4 Å². The highest BCUT2D eigenvalue weighted by atomic mass is 16.2. The van der Waals surface area contributed by atoms with Crippen LogP contribution in [0.5, 0.6) is 0 Å². The number of anilines is 1. The van der Waals surface area contributed by atoms with Crippen LogP contribution in [0.3, 0.4) is 0 Å². The molecule has 0 aliphatic rings. The smallest absolute Gasteiger partial charge is 0.295 e. The number of aromatic nitrogens is 3. The largest absolute Gasteiger partial charge is 0.319 e. The lowest BCUT2D eigenvalue weighted by atomic mass is 10.1. The Morgan fingerprint density at radius 3 is 2.29 bits per heavy atom. The van der Waals surface area contributed by atoms with Crippen molar-refractivity contribution in [1.82, 2.24) is 14.8 Å². The summed E-state index contributed by atoms with van der Waals surface area (Å²) in [6.45, 7) is 3.50. The summed E-state index contributed by atoms with van der Waals surface area (Å²) in [6.07, 6.45) is 1.50. The number of hydrogen-bond acceptors (Lipinski definition) is 4. The number of nitrogens with zero attached hydrogens (tertiary/aromatic N) is 3. The zero-order valence-electron chi connectivity index (χ0n) is 13.4. The molecule has 1 amide bonds. The second-order valence-electron chi connectivity index (χ2n) is 5.44. The number of benzene rings is 2. The van der Waals surface area contributed by atoms with E-state index in [1.54, 1.807) is 28.9 Å². The number of hydrogen-bond donors (Lipinski definition) is 1. The van der Waals surface area contributed by atoms with Crippen molar-refractivity contribution in [3.8, 4) is 5.69 Å². The molecule has 0 spiro atoms. The number of nitrogens with one attached hydrogen (secondary N) is 1. The number of carbonyl (C=O) groups excluding carboxylic acids is 2. The Labute approximate surface area is 139 Å². The van der Waals surface area contributed by atoms with Gasteiger partial charge in [0.2, 0.25) is 5.82 Å². The van der Waals surface area contributed by atoms with Crippen LogP contribution in [0.1, 0.15) is 33.5 Å².